The minimum atomic E-state index is -3.50. The van der Waals surface area contributed by atoms with E-state index in [2.05, 4.69) is 5.43 Å². The van der Waals surface area contributed by atoms with Crippen LogP contribution in [0.1, 0.15) is 12.0 Å². The summed E-state index contributed by atoms with van der Waals surface area (Å²) in [6.07, 6.45) is 0.660. The van der Waals surface area contributed by atoms with Crippen molar-refractivity contribution in [3.8, 4) is 0 Å². The van der Waals surface area contributed by atoms with Crippen LogP contribution in [0.15, 0.2) is 29.2 Å². The van der Waals surface area contributed by atoms with Gasteiger partial charge < -0.3 is 4.74 Å². The van der Waals surface area contributed by atoms with Crippen LogP contribution in [-0.4, -0.2) is 44.9 Å². The van der Waals surface area contributed by atoms with Gasteiger partial charge in [-0.1, -0.05) is 12.1 Å². The van der Waals surface area contributed by atoms with Crippen LogP contribution in [-0.2, 0) is 26.0 Å². The molecule has 0 saturated carbocycles. The van der Waals surface area contributed by atoms with Crippen molar-refractivity contribution in [3.63, 3.8) is 0 Å². The predicted octanol–water partition coefficient (Wildman–Crippen LogP) is -0.370. The molecule has 0 spiro atoms. The lowest BCUT2D eigenvalue weighted by Crippen LogP contribution is -2.40. The molecule has 0 aliphatic carbocycles. The van der Waals surface area contributed by atoms with Gasteiger partial charge in [0.1, 0.15) is 0 Å². The smallest absolute Gasteiger partial charge is 0.243 e. The normalized spacial score (nSPS) is 16.6. The highest BCUT2D eigenvalue weighted by Crippen LogP contribution is 2.19. The van der Waals surface area contributed by atoms with Crippen molar-refractivity contribution >= 4 is 15.9 Å². The van der Waals surface area contributed by atoms with Crippen LogP contribution in [0.25, 0.3) is 0 Å². The van der Waals surface area contributed by atoms with Crippen molar-refractivity contribution in [1.82, 2.24) is 9.73 Å². The second-order valence-electron chi connectivity index (χ2n) is 4.73. The van der Waals surface area contributed by atoms with Crippen molar-refractivity contribution in [1.29, 1.82) is 0 Å². The summed E-state index contributed by atoms with van der Waals surface area (Å²) < 4.78 is 31.6. The second kappa shape index (κ2) is 6.99. The molecule has 1 fully saturated rings. The number of carbonyl (C=O) groups excluding carboxylic acids is 1. The fourth-order valence-electron chi connectivity index (χ4n) is 2.13. The number of nitrogens with one attached hydrogen (secondary N) is 1. The Bertz CT molecular complexity index is 597. The summed E-state index contributed by atoms with van der Waals surface area (Å²) in [5.41, 5.74) is 2.84. The Balaban J connectivity index is 2.14. The Hall–Kier alpha value is -1.48. The number of nitrogens with two attached hydrogens (primary N) is 1. The molecule has 0 unspecified atom stereocenters. The van der Waals surface area contributed by atoms with Gasteiger partial charge in [0.15, 0.2) is 0 Å². The first-order valence-corrected chi connectivity index (χ1v) is 8.14. The lowest BCUT2D eigenvalue weighted by Gasteiger charge is -2.26. The van der Waals surface area contributed by atoms with E-state index in [1.54, 1.807) is 24.3 Å². The third-order valence-corrected chi connectivity index (χ3v) is 5.20. The summed E-state index contributed by atoms with van der Waals surface area (Å²) in [6, 6.07) is 6.65. The SMILES string of the molecule is NNC(=O)CCc1cccc(S(=O)(=O)N2CCOCC2)c1. The van der Waals surface area contributed by atoms with E-state index in [4.69, 9.17) is 10.6 Å². The van der Waals surface area contributed by atoms with Crippen LogP contribution in [0.4, 0.5) is 0 Å². The molecular formula is C13H19N3O4S. The van der Waals surface area contributed by atoms with Crippen molar-refractivity contribution < 1.29 is 17.9 Å². The molecule has 21 heavy (non-hydrogen) atoms. The molecular weight excluding hydrogens is 294 g/mol. The maximum absolute atomic E-state index is 12.5. The molecule has 1 aromatic carbocycles. The highest BCUT2D eigenvalue weighted by molar-refractivity contribution is 7.89. The largest absolute Gasteiger partial charge is 0.379 e. The number of carbonyl (C=O) groups is 1. The number of hydrazine groups is 1. The lowest BCUT2D eigenvalue weighted by molar-refractivity contribution is -0.121. The standard InChI is InChI=1S/C13H19N3O4S/c14-15-13(17)5-4-11-2-1-3-12(10-11)21(18,19)16-6-8-20-9-7-16/h1-3,10H,4-9,14H2,(H,15,17). The Morgan fingerprint density at radius 2 is 2.05 bits per heavy atom. The number of sulfonamides is 1. The molecule has 3 N–H and O–H groups in total. The first-order valence-electron chi connectivity index (χ1n) is 6.70. The maximum atomic E-state index is 12.5. The number of hydrogen-bond donors (Lipinski definition) is 2. The number of amides is 1. The van der Waals surface area contributed by atoms with Crippen LogP contribution < -0.4 is 11.3 Å². The summed E-state index contributed by atoms with van der Waals surface area (Å²) in [4.78, 5) is 11.4. The molecule has 0 radical (unpaired) electrons. The van der Waals surface area contributed by atoms with Gasteiger partial charge in [0.2, 0.25) is 15.9 Å². The van der Waals surface area contributed by atoms with Gasteiger partial charge in [-0.15, -0.1) is 0 Å². The quantitative estimate of drug-likeness (QED) is 0.439. The van der Waals surface area contributed by atoms with Gasteiger partial charge >= 0.3 is 0 Å². The lowest BCUT2D eigenvalue weighted by atomic mass is 10.1. The van der Waals surface area contributed by atoms with E-state index in [0.29, 0.717) is 32.7 Å². The number of rotatable bonds is 5. The first kappa shape index (κ1) is 15.9. The van der Waals surface area contributed by atoms with Gasteiger partial charge in [0, 0.05) is 19.5 Å². The zero-order valence-electron chi connectivity index (χ0n) is 11.6. The van der Waals surface area contributed by atoms with E-state index in [1.165, 1.54) is 4.31 Å². The van der Waals surface area contributed by atoms with Gasteiger partial charge in [-0.2, -0.15) is 4.31 Å². The van der Waals surface area contributed by atoms with Crippen molar-refractivity contribution in [2.45, 2.75) is 17.7 Å². The fourth-order valence-corrected chi connectivity index (χ4v) is 3.61. The number of benzene rings is 1. The Morgan fingerprint density at radius 3 is 2.71 bits per heavy atom. The summed E-state index contributed by atoms with van der Waals surface area (Å²) in [7, 11) is -3.50. The average molecular weight is 313 g/mol. The summed E-state index contributed by atoms with van der Waals surface area (Å²) in [6.45, 7) is 1.55. The van der Waals surface area contributed by atoms with E-state index in [0.717, 1.165) is 5.56 Å². The van der Waals surface area contributed by atoms with E-state index in [9.17, 15) is 13.2 Å². The van der Waals surface area contributed by atoms with Crippen LogP contribution in [0.3, 0.4) is 0 Å². The number of hydrogen-bond acceptors (Lipinski definition) is 5. The zero-order chi connectivity index (χ0) is 15.3. The monoisotopic (exact) mass is 313 g/mol. The van der Waals surface area contributed by atoms with Crippen LogP contribution >= 0.6 is 0 Å². The van der Waals surface area contributed by atoms with Gasteiger partial charge in [-0.3, -0.25) is 10.2 Å². The van der Waals surface area contributed by atoms with Gasteiger partial charge in [0.25, 0.3) is 0 Å². The molecule has 7 nitrogen and oxygen atoms in total. The molecule has 0 aromatic heterocycles. The summed E-state index contributed by atoms with van der Waals surface area (Å²) in [5.74, 6) is 4.74. The first-order chi connectivity index (χ1) is 10.0. The van der Waals surface area contributed by atoms with Gasteiger partial charge in [-0.25, -0.2) is 14.3 Å². The molecule has 2 rings (SSSR count). The number of ether oxygens (including phenoxy) is 1. The van der Waals surface area contributed by atoms with E-state index >= 15 is 0 Å². The molecule has 116 valence electrons. The molecule has 1 aliphatic heterocycles. The Morgan fingerprint density at radius 1 is 1.33 bits per heavy atom. The summed E-state index contributed by atoms with van der Waals surface area (Å²) >= 11 is 0. The highest BCUT2D eigenvalue weighted by Gasteiger charge is 2.26. The molecule has 0 bridgehead atoms. The van der Waals surface area contributed by atoms with Crippen LogP contribution in [0.5, 0.6) is 0 Å². The molecule has 8 heteroatoms. The third kappa shape index (κ3) is 4.01. The van der Waals surface area contributed by atoms with Crippen molar-refractivity contribution in [2.75, 3.05) is 26.3 Å². The van der Waals surface area contributed by atoms with E-state index in [1.807, 2.05) is 0 Å². The molecule has 1 saturated heterocycles. The number of aryl methyl sites for hydroxylation is 1. The van der Waals surface area contributed by atoms with Gasteiger partial charge in [0.05, 0.1) is 18.1 Å². The molecule has 1 heterocycles. The Kier molecular flexibility index (Phi) is 5.29. The third-order valence-electron chi connectivity index (χ3n) is 3.31. The van der Waals surface area contributed by atoms with Crippen molar-refractivity contribution in [2.24, 2.45) is 5.84 Å². The minimum Gasteiger partial charge on any atom is -0.379 e. The van der Waals surface area contributed by atoms with E-state index < -0.39 is 10.0 Å². The maximum Gasteiger partial charge on any atom is 0.243 e. The zero-order valence-corrected chi connectivity index (χ0v) is 12.4. The molecule has 0 atom stereocenters. The molecule has 1 aromatic rings. The van der Waals surface area contributed by atoms with E-state index in [-0.39, 0.29) is 17.2 Å². The van der Waals surface area contributed by atoms with Crippen LogP contribution in [0.2, 0.25) is 0 Å². The number of nitrogens with zero attached hydrogens (tertiary/aromatic N) is 1. The summed E-state index contributed by atoms with van der Waals surface area (Å²) in [5, 5.41) is 0. The second-order valence-corrected chi connectivity index (χ2v) is 6.67. The number of morpholine rings is 1. The topological polar surface area (TPSA) is 102 Å². The molecule has 1 amide bonds. The van der Waals surface area contributed by atoms with Gasteiger partial charge in [-0.05, 0) is 24.1 Å². The van der Waals surface area contributed by atoms with Crippen molar-refractivity contribution in [3.05, 3.63) is 29.8 Å². The highest BCUT2D eigenvalue weighted by atomic mass is 32.2. The molecule has 1 aliphatic rings. The fraction of sp³-hybridized carbons (Fsp3) is 0.462. The Labute approximate surface area is 124 Å². The van der Waals surface area contributed by atoms with Crippen LogP contribution in [0, 0.1) is 0 Å². The average Bonchev–Trinajstić information content (AvgIpc) is 2.53. The predicted molar refractivity (Wildman–Crippen MR) is 76.7 cm³/mol. The minimum absolute atomic E-state index is 0.220.